The molecule has 0 spiro atoms. The van der Waals surface area contributed by atoms with E-state index in [9.17, 15) is 23.5 Å². The summed E-state index contributed by atoms with van der Waals surface area (Å²) in [5.74, 6) is -1.06. The molecule has 0 aliphatic carbocycles. The van der Waals surface area contributed by atoms with Gasteiger partial charge in [-0.15, -0.1) is 0 Å². The average molecular weight is 480 g/mol. The van der Waals surface area contributed by atoms with E-state index in [4.69, 9.17) is 9.84 Å². The molecule has 0 radical (unpaired) electrons. The second-order valence-corrected chi connectivity index (χ2v) is 8.79. The first-order valence-electron chi connectivity index (χ1n) is 11.0. The van der Waals surface area contributed by atoms with Crippen molar-refractivity contribution >= 4 is 12.1 Å². The number of amides is 1. The van der Waals surface area contributed by atoms with Gasteiger partial charge in [0.05, 0.1) is 17.7 Å². The quantitative estimate of drug-likeness (QED) is 0.482. The van der Waals surface area contributed by atoms with Crippen molar-refractivity contribution in [1.82, 2.24) is 4.90 Å². The molecule has 0 aromatic heterocycles. The second kappa shape index (κ2) is 11.8. The van der Waals surface area contributed by atoms with Gasteiger partial charge in [0.2, 0.25) is 0 Å². The van der Waals surface area contributed by atoms with E-state index in [1.807, 2.05) is 6.92 Å². The zero-order valence-corrected chi connectivity index (χ0v) is 19.7. The van der Waals surface area contributed by atoms with Crippen molar-refractivity contribution < 1.29 is 38.1 Å². The molecule has 7 nitrogen and oxygen atoms in total. The van der Waals surface area contributed by atoms with Gasteiger partial charge in [0.1, 0.15) is 11.4 Å². The van der Waals surface area contributed by atoms with Crippen LogP contribution in [0.1, 0.15) is 61.7 Å². The lowest BCUT2D eigenvalue weighted by Crippen LogP contribution is -2.47. The average Bonchev–Trinajstić information content (AvgIpc) is 2.75. The van der Waals surface area contributed by atoms with E-state index < -0.39 is 36.4 Å². The molecule has 2 rings (SSSR count). The van der Waals surface area contributed by atoms with E-state index in [0.717, 1.165) is 5.56 Å². The SMILES string of the molecule is CC[C@H]([C@H](O)c1ccc(OC(F)F)cc1)N(CCc1ccc(C(=O)O)cc1)C(=O)OC(C)(C)C. The van der Waals surface area contributed by atoms with Crippen LogP contribution in [0.4, 0.5) is 13.6 Å². The van der Waals surface area contributed by atoms with Crippen molar-refractivity contribution in [3.05, 3.63) is 65.2 Å². The lowest BCUT2D eigenvalue weighted by Gasteiger charge is -2.36. The lowest BCUT2D eigenvalue weighted by molar-refractivity contribution is -0.0499. The molecule has 0 fully saturated rings. The van der Waals surface area contributed by atoms with E-state index in [1.165, 1.54) is 41.3 Å². The summed E-state index contributed by atoms with van der Waals surface area (Å²) in [5, 5.41) is 20.1. The number of carboxylic acid groups (broad SMARTS) is 1. The number of carbonyl (C=O) groups excluding carboxylic acids is 1. The van der Waals surface area contributed by atoms with E-state index in [1.54, 1.807) is 32.9 Å². The van der Waals surface area contributed by atoms with Crippen LogP contribution in [0.5, 0.6) is 5.75 Å². The van der Waals surface area contributed by atoms with Gasteiger partial charge in [-0.2, -0.15) is 8.78 Å². The molecule has 34 heavy (non-hydrogen) atoms. The Balaban J connectivity index is 2.25. The third-order valence-electron chi connectivity index (χ3n) is 5.10. The van der Waals surface area contributed by atoms with Crippen LogP contribution in [-0.2, 0) is 11.2 Å². The number of carboxylic acids is 1. The monoisotopic (exact) mass is 479 g/mol. The predicted molar refractivity (Wildman–Crippen MR) is 122 cm³/mol. The molecule has 0 bridgehead atoms. The molecule has 0 saturated heterocycles. The predicted octanol–water partition coefficient (Wildman–Crippen LogP) is 5.28. The molecular weight excluding hydrogens is 448 g/mol. The number of halogens is 2. The summed E-state index contributed by atoms with van der Waals surface area (Å²) in [6, 6.07) is 11.3. The molecule has 0 aliphatic heterocycles. The fourth-order valence-electron chi connectivity index (χ4n) is 3.46. The molecule has 9 heteroatoms. The molecule has 1 amide bonds. The standard InChI is InChI=1S/C25H31F2NO6/c1-5-20(21(29)17-10-12-19(13-11-17)33-23(26)27)28(24(32)34-25(2,3)4)15-14-16-6-8-18(9-7-16)22(30)31/h6-13,20-21,23,29H,5,14-15H2,1-4H3,(H,30,31)/t20-,21-/m1/s1. The second-order valence-electron chi connectivity index (χ2n) is 8.79. The summed E-state index contributed by atoms with van der Waals surface area (Å²) in [6.07, 6.45) is -0.900. The van der Waals surface area contributed by atoms with Gasteiger partial charge in [-0.3, -0.25) is 0 Å². The van der Waals surface area contributed by atoms with Crippen molar-refractivity contribution in [3.63, 3.8) is 0 Å². The zero-order valence-electron chi connectivity index (χ0n) is 19.7. The Bertz CT molecular complexity index is 941. The summed E-state index contributed by atoms with van der Waals surface area (Å²) in [6.45, 7) is 4.31. The van der Waals surface area contributed by atoms with Crippen LogP contribution in [0.25, 0.3) is 0 Å². The summed E-state index contributed by atoms with van der Waals surface area (Å²) >= 11 is 0. The van der Waals surface area contributed by atoms with Gasteiger partial charge in [-0.05, 0) is 69.0 Å². The van der Waals surface area contributed by atoms with E-state index in [-0.39, 0.29) is 17.9 Å². The van der Waals surface area contributed by atoms with Crippen LogP contribution < -0.4 is 4.74 Å². The zero-order chi connectivity index (χ0) is 25.5. The molecule has 2 atom stereocenters. The van der Waals surface area contributed by atoms with Crippen molar-refractivity contribution in [2.45, 2.75) is 64.9 Å². The number of ether oxygens (including phenoxy) is 2. The Morgan fingerprint density at radius 3 is 2.09 bits per heavy atom. The summed E-state index contributed by atoms with van der Waals surface area (Å²) in [5.41, 5.74) is 0.661. The van der Waals surface area contributed by atoms with E-state index in [0.29, 0.717) is 18.4 Å². The number of carbonyl (C=O) groups is 2. The Hall–Kier alpha value is -3.20. The van der Waals surface area contributed by atoms with Gasteiger partial charge in [0.15, 0.2) is 0 Å². The van der Waals surface area contributed by atoms with Gasteiger partial charge in [-0.1, -0.05) is 31.2 Å². The maximum absolute atomic E-state index is 13.0. The maximum atomic E-state index is 13.0. The lowest BCUT2D eigenvalue weighted by atomic mass is 9.98. The third-order valence-corrected chi connectivity index (χ3v) is 5.10. The highest BCUT2D eigenvalue weighted by molar-refractivity contribution is 5.87. The van der Waals surface area contributed by atoms with Gasteiger partial charge < -0.3 is 24.6 Å². The van der Waals surface area contributed by atoms with Crippen molar-refractivity contribution in [2.24, 2.45) is 0 Å². The molecular formula is C25H31F2NO6. The van der Waals surface area contributed by atoms with Crippen LogP contribution >= 0.6 is 0 Å². The van der Waals surface area contributed by atoms with Crippen LogP contribution in [-0.4, -0.2) is 52.0 Å². The number of aliphatic hydroxyl groups excluding tert-OH is 1. The molecule has 0 unspecified atom stereocenters. The fraction of sp³-hybridized carbons (Fsp3) is 0.440. The molecule has 2 N–H and O–H groups in total. The number of aliphatic hydroxyl groups is 1. The highest BCUT2D eigenvalue weighted by Crippen LogP contribution is 2.27. The number of nitrogens with zero attached hydrogens (tertiary/aromatic N) is 1. The summed E-state index contributed by atoms with van der Waals surface area (Å²) < 4.78 is 34.8. The molecule has 2 aromatic carbocycles. The highest BCUT2D eigenvalue weighted by atomic mass is 19.3. The molecule has 2 aromatic rings. The Morgan fingerprint density at radius 2 is 1.62 bits per heavy atom. The molecule has 0 aliphatic rings. The van der Waals surface area contributed by atoms with Crippen molar-refractivity contribution in [1.29, 1.82) is 0 Å². The normalized spacial score (nSPS) is 13.3. The first-order chi connectivity index (χ1) is 15.9. The van der Waals surface area contributed by atoms with Crippen LogP contribution in [0.15, 0.2) is 48.5 Å². The van der Waals surface area contributed by atoms with Gasteiger partial charge in [0.25, 0.3) is 0 Å². The van der Waals surface area contributed by atoms with Crippen molar-refractivity contribution in [3.8, 4) is 5.75 Å². The van der Waals surface area contributed by atoms with Gasteiger partial charge in [0, 0.05) is 6.54 Å². The van der Waals surface area contributed by atoms with Crippen LogP contribution in [0.3, 0.4) is 0 Å². The molecule has 186 valence electrons. The topological polar surface area (TPSA) is 96.3 Å². The molecule has 0 saturated carbocycles. The summed E-state index contributed by atoms with van der Waals surface area (Å²) in [7, 11) is 0. The first kappa shape index (κ1) is 27.0. The third kappa shape index (κ3) is 7.98. The minimum absolute atomic E-state index is 0.0344. The highest BCUT2D eigenvalue weighted by Gasteiger charge is 2.32. The fourth-order valence-corrected chi connectivity index (χ4v) is 3.46. The Morgan fingerprint density at radius 1 is 1.03 bits per heavy atom. The summed E-state index contributed by atoms with van der Waals surface area (Å²) in [4.78, 5) is 25.6. The number of hydrogen-bond donors (Lipinski definition) is 2. The number of hydrogen-bond acceptors (Lipinski definition) is 5. The van der Waals surface area contributed by atoms with Crippen LogP contribution in [0.2, 0.25) is 0 Å². The minimum Gasteiger partial charge on any atom is -0.478 e. The van der Waals surface area contributed by atoms with Gasteiger partial charge in [-0.25, -0.2) is 9.59 Å². The number of alkyl halides is 2. The first-order valence-corrected chi connectivity index (χ1v) is 11.0. The Labute approximate surface area is 197 Å². The van der Waals surface area contributed by atoms with Gasteiger partial charge >= 0.3 is 18.7 Å². The number of aromatic carboxylic acids is 1. The largest absolute Gasteiger partial charge is 0.478 e. The minimum atomic E-state index is -2.95. The van der Waals surface area contributed by atoms with Crippen molar-refractivity contribution in [2.75, 3.05) is 6.54 Å². The van der Waals surface area contributed by atoms with E-state index in [2.05, 4.69) is 4.74 Å². The number of rotatable bonds is 10. The Kier molecular flexibility index (Phi) is 9.37. The molecule has 0 heterocycles. The smallest absolute Gasteiger partial charge is 0.410 e. The van der Waals surface area contributed by atoms with Crippen LogP contribution in [0, 0.1) is 0 Å². The number of benzene rings is 2. The maximum Gasteiger partial charge on any atom is 0.410 e. The van der Waals surface area contributed by atoms with E-state index >= 15 is 0 Å².